The van der Waals surface area contributed by atoms with E-state index < -0.39 is 18.8 Å². The van der Waals surface area contributed by atoms with E-state index in [1.54, 1.807) is 23.9 Å². The lowest BCUT2D eigenvalue weighted by Crippen LogP contribution is -2.22. The van der Waals surface area contributed by atoms with Crippen LogP contribution in [0.15, 0.2) is 41.5 Å². The first-order valence-corrected chi connectivity index (χ1v) is 13.0. The molecule has 2 aromatic heterocycles. The van der Waals surface area contributed by atoms with Crippen molar-refractivity contribution in [2.45, 2.75) is 32.4 Å². The first-order valence-electron chi connectivity index (χ1n) is 9.29. The van der Waals surface area contributed by atoms with Crippen molar-refractivity contribution >= 4 is 24.7 Å². The minimum absolute atomic E-state index is 0.0712. The maximum Gasteiger partial charge on any atom is 0.270 e. The Hall–Kier alpha value is -2.78. The fourth-order valence-corrected chi connectivity index (χ4v) is 3.88. The third kappa shape index (κ3) is 4.46. The molecule has 154 valence electrons. The third-order valence-corrected chi connectivity index (χ3v) is 6.47. The summed E-state index contributed by atoms with van der Waals surface area (Å²) in [7, 11) is 0.333. The van der Waals surface area contributed by atoms with Gasteiger partial charge in [0.15, 0.2) is 0 Å². The molecule has 0 spiro atoms. The molecule has 0 saturated carbocycles. The second kappa shape index (κ2) is 7.92. The summed E-state index contributed by atoms with van der Waals surface area (Å²) >= 11 is 0. The van der Waals surface area contributed by atoms with Crippen molar-refractivity contribution in [3.63, 3.8) is 0 Å². The molecule has 0 radical (unpaired) electrons. The van der Waals surface area contributed by atoms with E-state index in [9.17, 15) is 19.3 Å². The van der Waals surface area contributed by atoms with Crippen molar-refractivity contribution in [3.8, 4) is 11.1 Å². The number of halogens is 1. The van der Waals surface area contributed by atoms with Crippen LogP contribution in [0.5, 0.6) is 0 Å². The van der Waals surface area contributed by atoms with Crippen LogP contribution in [0.3, 0.4) is 0 Å². The van der Waals surface area contributed by atoms with Gasteiger partial charge in [0, 0.05) is 57.4 Å². The van der Waals surface area contributed by atoms with E-state index in [-0.39, 0.29) is 23.5 Å². The summed E-state index contributed by atoms with van der Waals surface area (Å²) in [6.07, 6.45) is 3.23. The molecule has 0 aliphatic heterocycles. The fraction of sp³-hybridized carbons (Fsp3) is 0.350. The molecule has 3 aromatic rings. The van der Waals surface area contributed by atoms with Crippen LogP contribution in [0.1, 0.15) is 0 Å². The van der Waals surface area contributed by atoms with E-state index in [1.165, 1.54) is 16.8 Å². The molecule has 29 heavy (non-hydrogen) atoms. The number of ether oxygens (including phenoxy) is 1. The van der Waals surface area contributed by atoms with Gasteiger partial charge in [0.05, 0.1) is 15.8 Å². The lowest BCUT2D eigenvalue weighted by atomic mass is 10.0. The Bertz CT molecular complexity index is 1130. The number of benzene rings is 1. The van der Waals surface area contributed by atoms with Gasteiger partial charge in [-0.25, -0.2) is 4.39 Å². The Labute approximate surface area is 168 Å². The molecular formula is C20H24FN3O4Si. The van der Waals surface area contributed by atoms with Crippen molar-refractivity contribution in [3.05, 3.63) is 62.9 Å². The first kappa shape index (κ1) is 20.9. The van der Waals surface area contributed by atoms with Crippen molar-refractivity contribution in [1.29, 1.82) is 0 Å². The van der Waals surface area contributed by atoms with Gasteiger partial charge in [-0.15, -0.1) is 0 Å². The number of aryl methyl sites for hydroxylation is 1. The average Bonchev–Trinajstić information content (AvgIpc) is 3.05. The van der Waals surface area contributed by atoms with Crippen molar-refractivity contribution < 1.29 is 14.1 Å². The summed E-state index contributed by atoms with van der Waals surface area (Å²) in [6.45, 7) is 7.59. The Balaban J connectivity index is 2.09. The maximum atomic E-state index is 14.6. The van der Waals surface area contributed by atoms with Crippen LogP contribution in [-0.4, -0.2) is 28.7 Å². The molecule has 0 aliphatic carbocycles. The molecule has 3 rings (SSSR count). The number of hydrogen-bond acceptors (Lipinski definition) is 4. The number of non-ortho nitro benzene ring substituents is 1. The largest absolute Gasteiger partial charge is 0.361 e. The zero-order valence-corrected chi connectivity index (χ0v) is 17.9. The second-order valence-corrected chi connectivity index (χ2v) is 13.9. The third-order valence-electron chi connectivity index (χ3n) is 4.77. The number of nitrogens with zero attached hydrogens (tertiary/aromatic N) is 3. The number of nitro benzene ring substituents is 1. The number of fused-ring (bicyclic) bond motifs is 1. The van der Waals surface area contributed by atoms with Gasteiger partial charge in [0.2, 0.25) is 0 Å². The SMILES string of the molecule is Cn1cc(-c2cc([N+](=O)[O-])ccc2F)c2c(ccn2COCC[Si](C)(C)C)c1=O. The van der Waals surface area contributed by atoms with Gasteiger partial charge in [0.25, 0.3) is 11.2 Å². The van der Waals surface area contributed by atoms with Crippen LogP contribution in [0.25, 0.3) is 22.0 Å². The van der Waals surface area contributed by atoms with Crippen molar-refractivity contribution in [1.82, 2.24) is 9.13 Å². The average molecular weight is 418 g/mol. The second-order valence-electron chi connectivity index (χ2n) is 8.28. The van der Waals surface area contributed by atoms with Crippen LogP contribution >= 0.6 is 0 Å². The van der Waals surface area contributed by atoms with E-state index in [0.717, 1.165) is 18.2 Å². The highest BCUT2D eigenvalue weighted by atomic mass is 28.3. The molecular weight excluding hydrogens is 393 g/mol. The summed E-state index contributed by atoms with van der Waals surface area (Å²) in [5, 5.41) is 11.6. The van der Waals surface area contributed by atoms with Crippen LogP contribution in [0, 0.1) is 15.9 Å². The topological polar surface area (TPSA) is 79.3 Å². The Kier molecular flexibility index (Phi) is 5.72. The molecule has 0 amide bonds. The van der Waals surface area contributed by atoms with Gasteiger partial charge in [-0.1, -0.05) is 19.6 Å². The predicted molar refractivity (Wildman–Crippen MR) is 113 cm³/mol. The molecule has 0 fully saturated rings. The fourth-order valence-electron chi connectivity index (χ4n) is 3.13. The molecule has 2 heterocycles. The Morgan fingerprint density at radius 1 is 1.21 bits per heavy atom. The molecule has 0 unspecified atom stereocenters. The highest BCUT2D eigenvalue weighted by Gasteiger charge is 2.19. The predicted octanol–water partition coefficient (Wildman–Crippen LogP) is 4.37. The molecule has 0 bridgehead atoms. The minimum Gasteiger partial charge on any atom is -0.361 e. The highest BCUT2D eigenvalue weighted by molar-refractivity contribution is 6.76. The summed E-state index contributed by atoms with van der Waals surface area (Å²) in [6, 6.07) is 6.05. The first-order chi connectivity index (χ1) is 13.6. The van der Waals surface area contributed by atoms with Gasteiger partial charge in [-0.05, 0) is 18.2 Å². The number of nitro groups is 1. The van der Waals surface area contributed by atoms with Gasteiger partial charge < -0.3 is 13.9 Å². The standard InChI is InChI=1S/C20H24FN3O4Si/c1-22-12-17(16-11-14(24(26)27)5-6-18(16)21)19-15(20(22)25)7-8-23(19)13-28-9-10-29(2,3)4/h5-8,11-12H,9-10,13H2,1-4H3. The quantitative estimate of drug-likeness (QED) is 0.247. The summed E-state index contributed by atoms with van der Waals surface area (Å²) in [5.74, 6) is -0.594. The molecule has 0 N–H and O–H groups in total. The van der Waals surface area contributed by atoms with E-state index in [4.69, 9.17) is 4.74 Å². The normalized spacial score (nSPS) is 11.9. The van der Waals surface area contributed by atoms with E-state index in [1.807, 2.05) is 0 Å². The minimum atomic E-state index is -1.24. The highest BCUT2D eigenvalue weighted by Crippen LogP contribution is 2.32. The monoisotopic (exact) mass is 417 g/mol. The van der Waals surface area contributed by atoms with Crippen molar-refractivity contribution in [2.75, 3.05) is 6.61 Å². The molecule has 0 atom stereocenters. The molecule has 1 aromatic carbocycles. The number of aromatic nitrogens is 2. The van der Waals surface area contributed by atoms with Crippen LogP contribution in [0.2, 0.25) is 25.7 Å². The van der Waals surface area contributed by atoms with E-state index in [0.29, 0.717) is 23.1 Å². The zero-order valence-electron chi connectivity index (χ0n) is 16.9. The van der Waals surface area contributed by atoms with Gasteiger partial charge in [-0.2, -0.15) is 0 Å². The van der Waals surface area contributed by atoms with Crippen molar-refractivity contribution in [2.24, 2.45) is 7.05 Å². The number of hydrogen-bond donors (Lipinski definition) is 0. The lowest BCUT2D eigenvalue weighted by Gasteiger charge is -2.16. The van der Waals surface area contributed by atoms with Crippen LogP contribution in [0.4, 0.5) is 10.1 Å². The molecule has 7 nitrogen and oxygen atoms in total. The summed E-state index contributed by atoms with van der Waals surface area (Å²) < 4.78 is 23.5. The summed E-state index contributed by atoms with van der Waals surface area (Å²) in [5.41, 5.74) is 0.535. The van der Waals surface area contributed by atoms with Gasteiger partial charge >= 0.3 is 0 Å². The summed E-state index contributed by atoms with van der Waals surface area (Å²) in [4.78, 5) is 23.1. The zero-order chi connectivity index (χ0) is 21.3. The van der Waals surface area contributed by atoms with Crippen LogP contribution in [-0.2, 0) is 18.5 Å². The maximum absolute atomic E-state index is 14.6. The lowest BCUT2D eigenvalue weighted by molar-refractivity contribution is -0.384. The van der Waals surface area contributed by atoms with Crippen LogP contribution < -0.4 is 5.56 Å². The number of rotatable bonds is 7. The smallest absolute Gasteiger partial charge is 0.270 e. The molecule has 0 aliphatic rings. The molecule has 0 saturated heterocycles. The van der Waals surface area contributed by atoms with E-state index >= 15 is 0 Å². The Morgan fingerprint density at radius 3 is 2.59 bits per heavy atom. The van der Waals surface area contributed by atoms with E-state index in [2.05, 4.69) is 19.6 Å². The van der Waals surface area contributed by atoms with Gasteiger partial charge in [0.1, 0.15) is 12.5 Å². The Morgan fingerprint density at radius 2 is 1.93 bits per heavy atom. The number of pyridine rings is 1. The molecule has 9 heteroatoms. The van der Waals surface area contributed by atoms with Gasteiger partial charge in [-0.3, -0.25) is 14.9 Å².